The van der Waals surface area contributed by atoms with E-state index in [0.717, 1.165) is 0 Å². The fourth-order valence-corrected chi connectivity index (χ4v) is 5.57. The molecule has 248 valence electrons. The van der Waals surface area contributed by atoms with Gasteiger partial charge < -0.3 is 21.2 Å². The number of hydrogen-bond donors (Lipinski definition) is 3. The molecule has 4 N–H and O–H groups in total. The highest BCUT2D eigenvalue weighted by atomic mass is 35.5. The molecule has 0 radical (unpaired) electrons. The monoisotopic (exact) mass is 683 g/mol. The van der Waals surface area contributed by atoms with Gasteiger partial charge in [0.15, 0.2) is 0 Å². The van der Waals surface area contributed by atoms with Crippen LogP contribution >= 0.6 is 11.6 Å². The number of oxime groups is 1. The molecule has 4 amide bonds. The summed E-state index contributed by atoms with van der Waals surface area (Å²) < 4.78 is 16.0. The third-order valence-electron chi connectivity index (χ3n) is 7.12. The number of amidine groups is 1. The van der Waals surface area contributed by atoms with E-state index < -0.39 is 28.8 Å². The van der Waals surface area contributed by atoms with Gasteiger partial charge in [-0.1, -0.05) is 5.16 Å². The van der Waals surface area contributed by atoms with Crippen LogP contribution < -0.4 is 20.9 Å². The van der Waals surface area contributed by atoms with E-state index in [9.17, 15) is 23.4 Å². The van der Waals surface area contributed by atoms with E-state index in [1.807, 2.05) is 0 Å². The second-order valence-corrected chi connectivity index (χ2v) is 12.3. The number of nitrogens with two attached hydrogens (primary N) is 1. The van der Waals surface area contributed by atoms with E-state index >= 15 is 0 Å². The summed E-state index contributed by atoms with van der Waals surface area (Å²) in [6.07, 6.45) is 9.19. The highest BCUT2D eigenvalue weighted by Gasteiger charge is 2.20. The predicted octanol–water partition coefficient (Wildman–Crippen LogP) is 3.94. The number of anilines is 3. The molecule has 0 saturated carbocycles. The molecule has 15 nitrogen and oxygen atoms in total. The van der Waals surface area contributed by atoms with Gasteiger partial charge in [-0.05, 0) is 42.5 Å². The van der Waals surface area contributed by atoms with Crippen molar-refractivity contribution in [1.29, 1.82) is 0 Å². The van der Waals surface area contributed by atoms with Crippen LogP contribution in [-0.2, 0) is 10.8 Å². The summed E-state index contributed by atoms with van der Waals surface area (Å²) in [4.78, 5) is 56.5. The first-order chi connectivity index (χ1) is 22.4. The summed E-state index contributed by atoms with van der Waals surface area (Å²) in [7, 11) is 3.43. The topological polar surface area (TPSA) is 180 Å². The minimum atomic E-state index is -1.24. The van der Waals surface area contributed by atoms with Crippen LogP contribution in [0.2, 0.25) is 0 Å². The van der Waals surface area contributed by atoms with Gasteiger partial charge in [0.05, 0.1) is 27.9 Å². The number of hydrogen-bond acceptors (Lipinski definition) is 7. The van der Waals surface area contributed by atoms with Crippen LogP contribution in [0.1, 0.15) is 16.8 Å². The molecule has 3 aromatic heterocycles. The number of halogens is 1. The molecule has 0 bridgehead atoms. The van der Waals surface area contributed by atoms with Crippen LogP contribution in [0.5, 0.6) is 0 Å². The SMILES string of the molecule is CN(CCC(N)=NO)C(=O)n1ccc(N(C)C(=O)n2ccc(N(C)C(=O)n3ccc(NC(=O)c4ccc(S(=O)CCCl)cc4)c3)c2)c1. The van der Waals surface area contributed by atoms with E-state index in [2.05, 4.69) is 10.5 Å². The third-order valence-corrected chi connectivity index (χ3v) is 8.90. The van der Waals surface area contributed by atoms with Gasteiger partial charge in [0.2, 0.25) is 0 Å². The summed E-state index contributed by atoms with van der Waals surface area (Å²) >= 11 is 5.65. The summed E-state index contributed by atoms with van der Waals surface area (Å²) in [6, 6.07) is 9.90. The van der Waals surface area contributed by atoms with E-state index in [-0.39, 0.29) is 30.7 Å². The van der Waals surface area contributed by atoms with Gasteiger partial charge in [-0.3, -0.25) is 32.5 Å². The van der Waals surface area contributed by atoms with Gasteiger partial charge >= 0.3 is 18.1 Å². The van der Waals surface area contributed by atoms with Crippen molar-refractivity contribution in [2.45, 2.75) is 11.3 Å². The van der Waals surface area contributed by atoms with Crippen molar-refractivity contribution < 1.29 is 28.6 Å². The van der Waals surface area contributed by atoms with Gasteiger partial charge in [0.1, 0.15) is 5.84 Å². The second kappa shape index (κ2) is 15.3. The van der Waals surface area contributed by atoms with Crippen molar-refractivity contribution >= 4 is 69.3 Å². The molecule has 4 aromatic rings. The first kappa shape index (κ1) is 34.5. The number of aromatic nitrogens is 3. The number of nitrogens with zero attached hydrogens (tertiary/aromatic N) is 7. The molecule has 17 heteroatoms. The van der Waals surface area contributed by atoms with E-state index in [4.69, 9.17) is 22.5 Å². The number of alkyl halides is 1. The van der Waals surface area contributed by atoms with Crippen molar-refractivity contribution in [3.8, 4) is 0 Å². The third kappa shape index (κ3) is 8.28. The van der Waals surface area contributed by atoms with E-state index in [1.54, 1.807) is 63.6 Å². The van der Waals surface area contributed by atoms with Crippen molar-refractivity contribution in [3.05, 3.63) is 85.2 Å². The molecule has 47 heavy (non-hydrogen) atoms. The average molecular weight is 684 g/mol. The number of carbonyl (C=O) groups is 4. The Bertz CT molecular complexity index is 1810. The largest absolute Gasteiger partial charge is 0.409 e. The number of carbonyl (C=O) groups excluding carboxylic acids is 4. The number of benzene rings is 1. The maximum absolute atomic E-state index is 13.2. The van der Waals surface area contributed by atoms with Crippen LogP contribution in [0.15, 0.2) is 89.7 Å². The lowest BCUT2D eigenvalue weighted by molar-refractivity contribution is 0.102. The fraction of sp³-hybridized carbons (Fsp3) is 0.233. The molecule has 0 aliphatic rings. The van der Waals surface area contributed by atoms with Crippen LogP contribution in [0.3, 0.4) is 0 Å². The normalized spacial score (nSPS) is 12.0. The number of nitrogens with one attached hydrogen (secondary N) is 1. The Morgan fingerprint density at radius 3 is 1.94 bits per heavy atom. The smallest absolute Gasteiger partial charge is 0.332 e. The number of rotatable bonds is 10. The molecule has 1 aromatic carbocycles. The highest BCUT2D eigenvalue weighted by Crippen LogP contribution is 2.20. The minimum absolute atomic E-state index is 0.00192. The lowest BCUT2D eigenvalue weighted by Gasteiger charge is -2.18. The first-order valence-corrected chi connectivity index (χ1v) is 16.0. The molecule has 0 spiro atoms. The van der Waals surface area contributed by atoms with Crippen LogP contribution in [0, 0.1) is 0 Å². The molecule has 0 aliphatic heterocycles. The van der Waals surface area contributed by atoms with Gasteiger partial charge in [0, 0.05) is 93.4 Å². The Morgan fingerprint density at radius 1 is 0.851 bits per heavy atom. The molecular weight excluding hydrogens is 650 g/mol. The standard InChI is InChI=1S/C30H34ClN9O6S/c1-35(13-11-26(32)34-45)28(42)39-15-9-23(19-39)37(3)30(44)40-16-10-24(20-40)36(2)29(43)38-14-8-22(18-38)33-27(41)21-4-6-25(7-5-21)47(46)17-12-31/h4-10,14-16,18-20,45H,11-13,17H2,1-3H3,(H2,32,34)(H,33,41). The Hall–Kier alpha value is -5.35. The van der Waals surface area contributed by atoms with Crippen molar-refractivity contribution in [3.63, 3.8) is 0 Å². The fourth-order valence-electron chi connectivity index (χ4n) is 4.34. The van der Waals surface area contributed by atoms with Crippen LogP contribution in [0.25, 0.3) is 0 Å². The van der Waals surface area contributed by atoms with E-state index in [0.29, 0.717) is 33.3 Å². The quantitative estimate of drug-likeness (QED) is 0.0744. The maximum atomic E-state index is 13.2. The predicted molar refractivity (Wildman–Crippen MR) is 180 cm³/mol. The van der Waals surface area contributed by atoms with Gasteiger partial charge in [-0.25, -0.2) is 14.4 Å². The second-order valence-electron chi connectivity index (χ2n) is 10.3. The summed E-state index contributed by atoms with van der Waals surface area (Å²) in [5.74, 6) is 0.187. The maximum Gasteiger partial charge on any atom is 0.332 e. The molecule has 1 unspecified atom stereocenters. The van der Waals surface area contributed by atoms with Gasteiger partial charge in [-0.15, -0.1) is 11.6 Å². The van der Waals surface area contributed by atoms with Crippen molar-refractivity contribution in [2.24, 2.45) is 10.9 Å². The lowest BCUT2D eigenvalue weighted by Crippen LogP contribution is -2.33. The van der Waals surface area contributed by atoms with Crippen LogP contribution in [-0.4, -0.2) is 97.2 Å². The van der Waals surface area contributed by atoms with Gasteiger partial charge in [0.25, 0.3) is 5.91 Å². The highest BCUT2D eigenvalue weighted by molar-refractivity contribution is 7.85. The molecule has 0 fully saturated rings. The Kier molecular flexibility index (Phi) is 11.2. The molecular formula is C30H34ClN9O6S. The first-order valence-electron chi connectivity index (χ1n) is 14.1. The summed E-state index contributed by atoms with van der Waals surface area (Å²) in [5, 5.41) is 14.3. The Morgan fingerprint density at radius 2 is 1.38 bits per heavy atom. The Balaban J connectivity index is 1.36. The molecule has 0 saturated heterocycles. The zero-order valence-electron chi connectivity index (χ0n) is 25.8. The average Bonchev–Trinajstić information content (AvgIpc) is 3.87. The number of amides is 4. The molecule has 4 rings (SSSR count). The Labute approximate surface area is 277 Å². The van der Waals surface area contributed by atoms with Crippen molar-refractivity contribution in [2.75, 3.05) is 54.4 Å². The minimum Gasteiger partial charge on any atom is -0.409 e. The van der Waals surface area contributed by atoms with E-state index in [1.165, 1.54) is 65.6 Å². The summed E-state index contributed by atoms with van der Waals surface area (Å²) in [5.41, 5.74) is 7.10. The zero-order chi connectivity index (χ0) is 34.2. The van der Waals surface area contributed by atoms with Gasteiger partial charge in [-0.2, -0.15) is 0 Å². The lowest BCUT2D eigenvalue weighted by atomic mass is 10.2. The molecule has 1 atom stereocenters. The van der Waals surface area contributed by atoms with Crippen molar-refractivity contribution in [1.82, 2.24) is 18.6 Å². The zero-order valence-corrected chi connectivity index (χ0v) is 27.4. The summed E-state index contributed by atoms with van der Waals surface area (Å²) in [6.45, 7) is 0.226. The molecule has 0 aliphatic carbocycles. The molecule has 3 heterocycles. The van der Waals surface area contributed by atoms with Crippen LogP contribution in [0.4, 0.5) is 31.4 Å².